The van der Waals surface area contributed by atoms with E-state index in [9.17, 15) is 4.79 Å². The van der Waals surface area contributed by atoms with Crippen LogP contribution in [0.15, 0.2) is 0 Å². The molecule has 4 heteroatoms. The van der Waals surface area contributed by atoms with Crippen LogP contribution in [-0.4, -0.2) is 32.2 Å². The summed E-state index contributed by atoms with van der Waals surface area (Å²) in [4.78, 5) is 12.9. The van der Waals surface area contributed by atoms with Crippen LogP contribution in [0.25, 0.3) is 0 Å². The van der Waals surface area contributed by atoms with Gasteiger partial charge in [0.2, 0.25) is 0 Å². The van der Waals surface area contributed by atoms with E-state index in [0.29, 0.717) is 13.2 Å². The van der Waals surface area contributed by atoms with Gasteiger partial charge in [0.1, 0.15) is 0 Å². The Kier molecular flexibility index (Phi) is 11.9. The normalized spacial score (nSPS) is 15.4. The van der Waals surface area contributed by atoms with E-state index in [2.05, 4.69) is 6.92 Å². The molecule has 1 N–H and O–H groups in total. The Morgan fingerprint density at radius 2 is 1.67 bits per heavy atom. The number of rotatable bonds is 9. The van der Waals surface area contributed by atoms with Crippen molar-refractivity contribution in [2.75, 3.05) is 26.2 Å². The monoisotopic (exact) mass is 321 g/mol. The van der Waals surface area contributed by atoms with Gasteiger partial charge in [0.25, 0.3) is 0 Å². The smallest absolute Gasteiger partial charge is 0.361 e. The molecule has 0 spiro atoms. The Balaban J connectivity index is 0.00000289. The Morgan fingerprint density at radius 3 is 2.33 bits per heavy atom. The fourth-order valence-corrected chi connectivity index (χ4v) is 2.38. The van der Waals surface area contributed by atoms with E-state index in [4.69, 9.17) is 4.74 Å². The van der Waals surface area contributed by atoms with Gasteiger partial charge in [0.05, 0.1) is 19.7 Å². The van der Waals surface area contributed by atoms with Crippen LogP contribution in [0.4, 0.5) is 0 Å². The number of unbranched alkanes of at least 4 members (excludes halogenated alkanes) is 5. The highest BCUT2D eigenvalue weighted by Crippen LogP contribution is 2.04. The lowest BCUT2D eigenvalue weighted by Crippen LogP contribution is -3.11. The third-order valence-corrected chi connectivity index (χ3v) is 3.47. The Morgan fingerprint density at radius 1 is 1.06 bits per heavy atom. The predicted octanol–water partition coefficient (Wildman–Crippen LogP) is -1.43. The number of carbonyl (C=O) groups excluding carboxylic acids is 1. The van der Waals surface area contributed by atoms with Crippen LogP contribution in [0.3, 0.4) is 0 Å². The highest BCUT2D eigenvalue weighted by molar-refractivity contribution is 5.70. The van der Waals surface area contributed by atoms with Crippen LogP contribution in [0.5, 0.6) is 0 Å². The van der Waals surface area contributed by atoms with Crippen molar-refractivity contribution in [1.29, 1.82) is 0 Å². The van der Waals surface area contributed by atoms with Crippen molar-refractivity contribution in [1.82, 2.24) is 0 Å². The molecule has 0 saturated carbocycles. The summed E-state index contributed by atoms with van der Waals surface area (Å²) in [7, 11) is 0. The van der Waals surface area contributed by atoms with Gasteiger partial charge in [-0.15, -0.1) is 0 Å². The van der Waals surface area contributed by atoms with Gasteiger partial charge in [-0.05, 0) is 6.42 Å². The lowest BCUT2D eigenvalue weighted by Gasteiger charge is -2.11. The highest BCUT2D eigenvalue weighted by atomic mass is 79.9. The first-order chi connectivity index (χ1) is 8.33. The maximum absolute atomic E-state index is 11.5. The summed E-state index contributed by atoms with van der Waals surface area (Å²) in [6.45, 7) is 5.72. The molecule has 0 unspecified atom stereocenters. The molecular formula is C14H28BrNO2. The Labute approximate surface area is 122 Å². The second-order valence-electron chi connectivity index (χ2n) is 5.12. The van der Waals surface area contributed by atoms with E-state index in [1.807, 2.05) is 0 Å². The molecule has 0 aliphatic carbocycles. The molecule has 1 saturated heterocycles. The van der Waals surface area contributed by atoms with Gasteiger partial charge in [-0.2, -0.15) is 0 Å². The molecule has 1 aliphatic rings. The summed E-state index contributed by atoms with van der Waals surface area (Å²) < 4.78 is 5.25. The zero-order chi connectivity index (χ0) is 12.3. The third kappa shape index (κ3) is 8.92. The zero-order valence-electron chi connectivity index (χ0n) is 11.7. The van der Waals surface area contributed by atoms with Crippen molar-refractivity contribution >= 4 is 5.97 Å². The minimum atomic E-state index is -0.00421. The maximum atomic E-state index is 11.5. The molecule has 0 aromatic rings. The lowest BCUT2D eigenvalue weighted by molar-refractivity contribution is -0.879. The Hall–Kier alpha value is -0.0900. The van der Waals surface area contributed by atoms with Gasteiger partial charge < -0.3 is 26.6 Å². The molecule has 0 aromatic carbocycles. The van der Waals surface area contributed by atoms with E-state index in [0.717, 1.165) is 19.5 Å². The maximum Gasteiger partial charge on any atom is 0.361 e. The molecule has 0 bridgehead atoms. The van der Waals surface area contributed by atoms with E-state index in [1.54, 1.807) is 0 Å². The number of hydrogen-bond acceptors (Lipinski definition) is 2. The van der Waals surface area contributed by atoms with Crippen molar-refractivity contribution in [2.45, 2.75) is 58.3 Å². The van der Waals surface area contributed by atoms with Crippen LogP contribution in [0, 0.1) is 0 Å². The summed E-state index contributed by atoms with van der Waals surface area (Å²) in [5, 5.41) is 0. The van der Waals surface area contributed by atoms with E-state index in [-0.39, 0.29) is 23.0 Å². The Bertz CT molecular complexity index is 206. The average Bonchev–Trinajstić information content (AvgIpc) is 2.80. The van der Waals surface area contributed by atoms with Crippen LogP contribution < -0.4 is 21.9 Å². The molecule has 1 fully saturated rings. The van der Waals surface area contributed by atoms with E-state index in [1.165, 1.54) is 49.8 Å². The number of halogens is 1. The number of carbonyl (C=O) groups is 1. The number of ether oxygens (including phenoxy) is 1. The summed E-state index contributed by atoms with van der Waals surface area (Å²) in [6.07, 6.45) is 9.98. The fourth-order valence-electron chi connectivity index (χ4n) is 2.38. The first-order valence-electron chi connectivity index (χ1n) is 7.32. The van der Waals surface area contributed by atoms with Crippen molar-refractivity contribution in [3.05, 3.63) is 0 Å². The van der Waals surface area contributed by atoms with E-state index < -0.39 is 0 Å². The number of quaternary nitrogens is 1. The van der Waals surface area contributed by atoms with Crippen LogP contribution in [-0.2, 0) is 9.53 Å². The van der Waals surface area contributed by atoms with Gasteiger partial charge in [-0.1, -0.05) is 39.0 Å². The largest absolute Gasteiger partial charge is 1.00 e. The number of nitrogens with one attached hydrogen (secondary N) is 1. The first kappa shape index (κ1) is 17.9. The van der Waals surface area contributed by atoms with Gasteiger partial charge in [0.15, 0.2) is 6.54 Å². The fraction of sp³-hybridized carbons (Fsp3) is 0.929. The lowest BCUT2D eigenvalue weighted by atomic mass is 10.1. The number of esters is 1. The molecule has 0 amide bonds. The summed E-state index contributed by atoms with van der Waals surface area (Å²) in [5.41, 5.74) is 0. The van der Waals surface area contributed by atoms with Crippen LogP contribution in [0.1, 0.15) is 58.3 Å². The van der Waals surface area contributed by atoms with Crippen molar-refractivity contribution in [3.8, 4) is 0 Å². The second-order valence-corrected chi connectivity index (χ2v) is 5.12. The van der Waals surface area contributed by atoms with Crippen molar-refractivity contribution < 1.29 is 31.4 Å². The van der Waals surface area contributed by atoms with Crippen LogP contribution >= 0.6 is 0 Å². The molecule has 108 valence electrons. The second kappa shape index (κ2) is 12.0. The summed E-state index contributed by atoms with van der Waals surface area (Å²) in [6, 6.07) is 0. The molecular weight excluding hydrogens is 294 g/mol. The third-order valence-electron chi connectivity index (χ3n) is 3.47. The topological polar surface area (TPSA) is 30.7 Å². The predicted molar refractivity (Wildman–Crippen MR) is 69.1 cm³/mol. The number of hydrogen-bond donors (Lipinski definition) is 1. The quantitative estimate of drug-likeness (QED) is 0.417. The number of likely N-dealkylation sites (tertiary alicyclic amines) is 1. The standard InChI is InChI=1S/C14H27NO2.BrH/c1-2-3-4-5-6-9-12-17-14(16)13-15-10-7-8-11-15;/h2-13H2,1H3;1H. The minimum absolute atomic E-state index is 0. The van der Waals surface area contributed by atoms with Gasteiger partial charge >= 0.3 is 5.97 Å². The molecule has 18 heavy (non-hydrogen) atoms. The highest BCUT2D eigenvalue weighted by Gasteiger charge is 2.19. The molecule has 0 atom stereocenters. The van der Waals surface area contributed by atoms with Crippen molar-refractivity contribution in [2.24, 2.45) is 0 Å². The van der Waals surface area contributed by atoms with Gasteiger partial charge in [0, 0.05) is 12.8 Å². The summed E-state index contributed by atoms with van der Waals surface area (Å²) in [5.74, 6) is -0.00421. The molecule has 1 rings (SSSR count). The zero-order valence-corrected chi connectivity index (χ0v) is 13.3. The SMILES string of the molecule is CCCCCCCCOC(=O)C[NH+]1CCCC1.[Br-]. The first-order valence-corrected chi connectivity index (χ1v) is 7.32. The van der Waals surface area contributed by atoms with Gasteiger partial charge in [-0.3, -0.25) is 0 Å². The molecule has 0 radical (unpaired) electrons. The van der Waals surface area contributed by atoms with Crippen molar-refractivity contribution in [3.63, 3.8) is 0 Å². The summed E-state index contributed by atoms with van der Waals surface area (Å²) >= 11 is 0. The van der Waals surface area contributed by atoms with E-state index >= 15 is 0 Å². The van der Waals surface area contributed by atoms with Crippen LogP contribution in [0.2, 0.25) is 0 Å². The molecule has 1 aliphatic heterocycles. The minimum Gasteiger partial charge on any atom is -1.00 e. The molecule has 3 nitrogen and oxygen atoms in total. The van der Waals surface area contributed by atoms with Gasteiger partial charge in [-0.25, -0.2) is 4.79 Å². The molecule has 0 aromatic heterocycles. The average molecular weight is 322 g/mol. The molecule has 1 heterocycles.